The average molecular weight is 140 g/mol. The zero-order chi connectivity index (χ0) is 7.98. The van der Waals surface area contributed by atoms with Gasteiger partial charge in [-0.05, 0) is 13.0 Å². The van der Waals surface area contributed by atoms with E-state index in [4.69, 9.17) is 0 Å². The van der Waals surface area contributed by atoms with Crippen molar-refractivity contribution in [2.45, 2.75) is 13.8 Å². The number of hydrazone groups is 1. The van der Waals surface area contributed by atoms with Crippen molar-refractivity contribution in [2.75, 3.05) is 7.05 Å². The van der Waals surface area contributed by atoms with E-state index in [1.165, 1.54) is 11.9 Å². The first-order chi connectivity index (χ1) is 4.68. The molecule has 3 heteroatoms. The molecular formula is C7H12N2O. The van der Waals surface area contributed by atoms with E-state index in [0.29, 0.717) is 0 Å². The molecule has 1 amide bonds. The number of allylic oxidation sites excluding steroid dienone is 2. The quantitative estimate of drug-likeness (QED) is 0.416. The lowest BCUT2D eigenvalue weighted by molar-refractivity contribution is -0.127. The van der Waals surface area contributed by atoms with Crippen LogP contribution in [0.3, 0.4) is 0 Å². The van der Waals surface area contributed by atoms with Gasteiger partial charge in [0, 0.05) is 20.2 Å². The Kier molecular flexibility index (Phi) is 4.20. The molecule has 0 aromatic rings. The highest BCUT2D eigenvalue weighted by Gasteiger charge is 1.94. The van der Waals surface area contributed by atoms with E-state index in [1.54, 1.807) is 19.3 Å². The Bertz CT molecular complexity index is 161. The second-order valence-corrected chi connectivity index (χ2v) is 1.83. The summed E-state index contributed by atoms with van der Waals surface area (Å²) in [5.41, 5.74) is 0. The van der Waals surface area contributed by atoms with Crippen molar-refractivity contribution in [3.63, 3.8) is 0 Å². The van der Waals surface area contributed by atoms with Crippen LogP contribution in [0.5, 0.6) is 0 Å². The highest BCUT2D eigenvalue weighted by atomic mass is 16.2. The molecule has 0 aliphatic carbocycles. The summed E-state index contributed by atoms with van der Waals surface area (Å²) in [6.07, 6.45) is 5.18. The summed E-state index contributed by atoms with van der Waals surface area (Å²) in [7, 11) is 1.61. The maximum absolute atomic E-state index is 10.5. The minimum absolute atomic E-state index is 0.0687. The van der Waals surface area contributed by atoms with Crippen LogP contribution in [0.2, 0.25) is 0 Å². The number of rotatable bonds is 2. The first kappa shape index (κ1) is 8.88. The van der Waals surface area contributed by atoms with Crippen LogP contribution < -0.4 is 0 Å². The molecule has 0 radical (unpaired) electrons. The van der Waals surface area contributed by atoms with Gasteiger partial charge in [0.15, 0.2) is 0 Å². The van der Waals surface area contributed by atoms with Crippen LogP contribution in [0.1, 0.15) is 13.8 Å². The largest absolute Gasteiger partial charge is 0.273 e. The summed E-state index contributed by atoms with van der Waals surface area (Å²) >= 11 is 0. The number of nitrogens with zero attached hydrogens (tertiary/aromatic N) is 2. The molecule has 56 valence electrons. The lowest BCUT2D eigenvalue weighted by Gasteiger charge is -2.04. The molecule has 0 heterocycles. The van der Waals surface area contributed by atoms with Crippen molar-refractivity contribution < 1.29 is 4.79 Å². The van der Waals surface area contributed by atoms with Crippen LogP contribution in [0.4, 0.5) is 0 Å². The Labute approximate surface area is 61.0 Å². The lowest BCUT2D eigenvalue weighted by Crippen LogP contribution is -2.16. The van der Waals surface area contributed by atoms with Gasteiger partial charge in [0.05, 0.1) is 0 Å². The Balaban J connectivity index is 3.77. The summed E-state index contributed by atoms with van der Waals surface area (Å²) in [5, 5.41) is 5.06. The molecule has 3 nitrogen and oxygen atoms in total. The zero-order valence-electron chi connectivity index (χ0n) is 6.53. The molecular weight excluding hydrogens is 128 g/mol. The van der Waals surface area contributed by atoms with Crippen molar-refractivity contribution in [3.8, 4) is 0 Å². The summed E-state index contributed by atoms with van der Waals surface area (Å²) in [6, 6.07) is 0. The molecule has 0 rings (SSSR count). The standard InChI is InChI=1S/C7H12N2O/c1-4-5-6-8-9(3)7(2)10/h4-6H,1-3H3/b5-4-,8-6-. The van der Waals surface area contributed by atoms with Gasteiger partial charge in [-0.2, -0.15) is 5.10 Å². The second-order valence-electron chi connectivity index (χ2n) is 1.83. The minimum atomic E-state index is -0.0687. The molecule has 0 saturated carbocycles. The average Bonchev–Trinajstić information content (AvgIpc) is 1.88. The first-order valence-electron chi connectivity index (χ1n) is 3.08. The predicted molar refractivity (Wildman–Crippen MR) is 41.8 cm³/mol. The summed E-state index contributed by atoms with van der Waals surface area (Å²) in [5.74, 6) is -0.0687. The van der Waals surface area contributed by atoms with Gasteiger partial charge in [0.2, 0.25) is 5.91 Å². The summed E-state index contributed by atoms with van der Waals surface area (Å²) in [4.78, 5) is 10.5. The van der Waals surface area contributed by atoms with E-state index >= 15 is 0 Å². The Morgan fingerprint density at radius 1 is 1.60 bits per heavy atom. The van der Waals surface area contributed by atoms with Crippen LogP contribution in [0.15, 0.2) is 17.3 Å². The lowest BCUT2D eigenvalue weighted by atomic mass is 10.6. The van der Waals surface area contributed by atoms with Crippen LogP contribution in [0, 0.1) is 0 Å². The minimum Gasteiger partial charge on any atom is -0.273 e. The molecule has 0 aliphatic heterocycles. The third-order valence-corrected chi connectivity index (χ3v) is 0.974. The van der Waals surface area contributed by atoms with Gasteiger partial charge in [-0.1, -0.05) is 6.08 Å². The molecule has 0 fully saturated rings. The fraction of sp³-hybridized carbons (Fsp3) is 0.429. The number of hydrogen-bond donors (Lipinski definition) is 0. The molecule has 0 unspecified atom stereocenters. The fourth-order valence-electron chi connectivity index (χ4n) is 0.306. The Morgan fingerprint density at radius 2 is 2.20 bits per heavy atom. The third-order valence-electron chi connectivity index (χ3n) is 0.974. The maximum Gasteiger partial charge on any atom is 0.239 e. The van der Waals surface area contributed by atoms with Crippen molar-refractivity contribution >= 4 is 12.1 Å². The monoisotopic (exact) mass is 140 g/mol. The topological polar surface area (TPSA) is 32.7 Å². The van der Waals surface area contributed by atoms with E-state index in [0.717, 1.165) is 0 Å². The smallest absolute Gasteiger partial charge is 0.239 e. The predicted octanol–water partition coefficient (Wildman–Crippen LogP) is 1.03. The molecule has 0 N–H and O–H groups in total. The van der Waals surface area contributed by atoms with Gasteiger partial charge in [0.1, 0.15) is 0 Å². The number of amides is 1. The third kappa shape index (κ3) is 3.83. The first-order valence-corrected chi connectivity index (χ1v) is 3.08. The number of carbonyl (C=O) groups excluding carboxylic acids is 1. The molecule has 0 bridgehead atoms. The van der Waals surface area contributed by atoms with E-state index in [9.17, 15) is 4.79 Å². The van der Waals surface area contributed by atoms with Crippen molar-refractivity contribution in [3.05, 3.63) is 12.2 Å². The molecule has 0 atom stereocenters. The Morgan fingerprint density at radius 3 is 2.60 bits per heavy atom. The highest BCUT2D eigenvalue weighted by molar-refractivity contribution is 5.76. The number of hydrogen-bond acceptors (Lipinski definition) is 2. The van der Waals surface area contributed by atoms with Crippen LogP contribution in [0.25, 0.3) is 0 Å². The van der Waals surface area contributed by atoms with E-state index in [2.05, 4.69) is 5.10 Å². The number of carbonyl (C=O) groups is 1. The molecule has 0 saturated heterocycles. The van der Waals surface area contributed by atoms with Crippen molar-refractivity contribution in [1.82, 2.24) is 5.01 Å². The van der Waals surface area contributed by atoms with Crippen molar-refractivity contribution in [2.24, 2.45) is 5.10 Å². The van der Waals surface area contributed by atoms with Crippen LogP contribution >= 0.6 is 0 Å². The van der Waals surface area contributed by atoms with Crippen LogP contribution in [-0.4, -0.2) is 24.2 Å². The molecule has 0 spiro atoms. The second kappa shape index (κ2) is 4.73. The SMILES string of the molecule is C/C=C\C=N/N(C)C(C)=O. The maximum atomic E-state index is 10.5. The van der Waals surface area contributed by atoms with Gasteiger partial charge in [-0.15, -0.1) is 0 Å². The van der Waals surface area contributed by atoms with Gasteiger partial charge < -0.3 is 0 Å². The normalized spacial score (nSPS) is 11.1. The van der Waals surface area contributed by atoms with E-state index < -0.39 is 0 Å². The fourth-order valence-corrected chi connectivity index (χ4v) is 0.306. The van der Waals surface area contributed by atoms with Gasteiger partial charge in [-0.25, -0.2) is 5.01 Å². The molecule has 10 heavy (non-hydrogen) atoms. The van der Waals surface area contributed by atoms with Crippen LogP contribution in [-0.2, 0) is 4.79 Å². The molecule has 0 aliphatic rings. The summed E-state index contributed by atoms with van der Waals surface area (Å²) < 4.78 is 0. The zero-order valence-corrected chi connectivity index (χ0v) is 6.53. The molecule has 0 aromatic carbocycles. The van der Waals surface area contributed by atoms with E-state index in [1.807, 2.05) is 13.0 Å². The van der Waals surface area contributed by atoms with Gasteiger partial charge in [0.25, 0.3) is 0 Å². The molecule has 0 aromatic heterocycles. The summed E-state index contributed by atoms with van der Waals surface area (Å²) in [6.45, 7) is 3.35. The van der Waals surface area contributed by atoms with Gasteiger partial charge in [-0.3, -0.25) is 4.79 Å². The van der Waals surface area contributed by atoms with Gasteiger partial charge >= 0.3 is 0 Å². The Hall–Kier alpha value is -1.12. The van der Waals surface area contributed by atoms with Crippen molar-refractivity contribution in [1.29, 1.82) is 0 Å². The highest BCUT2D eigenvalue weighted by Crippen LogP contribution is 1.81. The van der Waals surface area contributed by atoms with E-state index in [-0.39, 0.29) is 5.91 Å².